The Morgan fingerprint density at radius 3 is 2.57 bits per heavy atom. The number of aromatic nitrogens is 3. The smallest absolute Gasteiger partial charge is 0.250 e. The molecule has 0 atom stereocenters. The van der Waals surface area contributed by atoms with Crippen LogP contribution in [-0.2, 0) is 11.3 Å². The summed E-state index contributed by atoms with van der Waals surface area (Å²) in [6.45, 7) is 4.73. The van der Waals surface area contributed by atoms with E-state index in [4.69, 9.17) is 11.6 Å². The Balaban J connectivity index is 1.58. The van der Waals surface area contributed by atoms with Crippen molar-refractivity contribution in [3.63, 3.8) is 0 Å². The zero-order chi connectivity index (χ0) is 19.9. The minimum absolute atomic E-state index is 0.198. The highest BCUT2D eigenvalue weighted by Gasteiger charge is 2.14. The van der Waals surface area contributed by atoms with E-state index in [9.17, 15) is 4.79 Å². The SMILES string of the molecule is CCn1c(SCC(=O)NN=Cc2ccc(C)cc2)nnc1-c1ccc(Cl)cc1. The fourth-order valence-electron chi connectivity index (χ4n) is 2.49. The minimum atomic E-state index is -0.202. The van der Waals surface area contributed by atoms with Gasteiger partial charge < -0.3 is 4.57 Å². The van der Waals surface area contributed by atoms with E-state index >= 15 is 0 Å². The van der Waals surface area contributed by atoms with Crippen molar-refractivity contribution < 1.29 is 4.79 Å². The highest BCUT2D eigenvalue weighted by atomic mass is 35.5. The third kappa shape index (κ3) is 5.21. The van der Waals surface area contributed by atoms with Crippen molar-refractivity contribution in [2.24, 2.45) is 5.10 Å². The highest BCUT2D eigenvalue weighted by Crippen LogP contribution is 2.24. The number of benzene rings is 2. The van der Waals surface area contributed by atoms with Gasteiger partial charge in [-0.1, -0.05) is 53.2 Å². The van der Waals surface area contributed by atoms with Crippen molar-refractivity contribution in [1.29, 1.82) is 0 Å². The van der Waals surface area contributed by atoms with E-state index in [1.807, 2.05) is 66.9 Å². The maximum atomic E-state index is 12.1. The number of rotatable bonds is 7. The molecule has 0 unspecified atom stereocenters. The number of carbonyl (C=O) groups is 1. The largest absolute Gasteiger partial charge is 0.302 e. The lowest BCUT2D eigenvalue weighted by Gasteiger charge is -2.07. The number of halogens is 1. The van der Waals surface area contributed by atoms with Crippen LogP contribution in [0.1, 0.15) is 18.1 Å². The summed E-state index contributed by atoms with van der Waals surface area (Å²) in [5.41, 5.74) is 5.57. The second-order valence-electron chi connectivity index (χ2n) is 6.05. The molecule has 1 heterocycles. The monoisotopic (exact) mass is 413 g/mol. The van der Waals surface area contributed by atoms with E-state index in [-0.39, 0.29) is 11.7 Å². The van der Waals surface area contributed by atoms with Crippen LogP contribution >= 0.6 is 23.4 Å². The highest BCUT2D eigenvalue weighted by molar-refractivity contribution is 7.99. The van der Waals surface area contributed by atoms with Gasteiger partial charge in [0, 0.05) is 17.1 Å². The van der Waals surface area contributed by atoms with Crippen molar-refractivity contribution >= 4 is 35.5 Å². The third-order valence-corrected chi connectivity index (χ3v) is 5.17. The van der Waals surface area contributed by atoms with Gasteiger partial charge in [-0.25, -0.2) is 5.43 Å². The minimum Gasteiger partial charge on any atom is -0.302 e. The normalized spacial score (nSPS) is 11.1. The molecule has 0 aliphatic heterocycles. The molecule has 1 aromatic heterocycles. The topological polar surface area (TPSA) is 72.2 Å². The average molecular weight is 414 g/mol. The van der Waals surface area contributed by atoms with Gasteiger partial charge in [-0.3, -0.25) is 4.79 Å². The number of nitrogens with zero attached hydrogens (tertiary/aromatic N) is 4. The number of thioether (sulfide) groups is 1. The predicted molar refractivity (Wildman–Crippen MR) is 114 cm³/mol. The van der Waals surface area contributed by atoms with E-state index in [1.165, 1.54) is 17.3 Å². The van der Waals surface area contributed by atoms with Crippen molar-refractivity contribution in [3.8, 4) is 11.4 Å². The van der Waals surface area contributed by atoms with Gasteiger partial charge in [0.05, 0.1) is 12.0 Å². The van der Waals surface area contributed by atoms with Crippen LogP contribution in [0.2, 0.25) is 5.02 Å². The van der Waals surface area contributed by atoms with Crippen LogP contribution < -0.4 is 5.43 Å². The molecule has 0 fully saturated rings. The summed E-state index contributed by atoms with van der Waals surface area (Å²) in [5.74, 6) is 0.746. The average Bonchev–Trinajstić information content (AvgIpc) is 3.11. The maximum Gasteiger partial charge on any atom is 0.250 e. The second-order valence-corrected chi connectivity index (χ2v) is 7.43. The molecule has 144 valence electrons. The Hall–Kier alpha value is -2.64. The fraction of sp³-hybridized carbons (Fsp3) is 0.200. The molecular weight excluding hydrogens is 394 g/mol. The Morgan fingerprint density at radius 2 is 1.89 bits per heavy atom. The predicted octanol–water partition coefficient (Wildman–Crippen LogP) is 4.17. The first-order chi connectivity index (χ1) is 13.6. The van der Waals surface area contributed by atoms with Crippen molar-refractivity contribution in [2.75, 3.05) is 5.75 Å². The molecule has 2 aromatic carbocycles. The van der Waals surface area contributed by atoms with Gasteiger partial charge in [-0.2, -0.15) is 5.10 Å². The van der Waals surface area contributed by atoms with Crippen LogP contribution in [0.5, 0.6) is 0 Å². The lowest BCUT2D eigenvalue weighted by molar-refractivity contribution is -0.118. The molecule has 3 rings (SSSR count). The number of hydrazone groups is 1. The van der Waals surface area contributed by atoms with Crippen LogP contribution in [-0.4, -0.2) is 32.6 Å². The van der Waals surface area contributed by atoms with Crippen molar-refractivity contribution in [1.82, 2.24) is 20.2 Å². The van der Waals surface area contributed by atoms with Crippen LogP contribution in [0.3, 0.4) is 0 Å². The third-order valence-electron chi connectivity index (χ3n) is 3.95. The first-order valence-electron chi connectivity index (χ1n) is 8.77. The van der Waals surface area contributed by atoms with Crippen molar-refractivity contribution in [3.05, 3.63) is 64.7 Å². The first-order valence-corrected chi connectivity index (χ1v) is 10.1. The van der Waals surface area contributed by atoms with Gasteiger partial charge in [-0.05, 0) is 43.7 Å². The van der Waals surface area contributed by atoms with Gasteiger partial charge in [-0.15, -0.1) is 10.2 Å². The molecule has 3 aromatic rings. The molecule has 0 aliphatic rings. The number of carbonyl (C=O) groups excluding carboxylic acids is 1. The van der Waals surface area contributed by atoms with E-state index < -0.39 is 0 Å². The molecule has 0 spiro atoms. The standard InChI is InChI=1S/C20H20ClN5OS/c1-3-26-19(16-8-10-17(21)11-9-16)24-25-20(26)28-13-18(27)23-22-12-15-6-4-14(2)5-7-15/h4-12H,3,13H2,1-2H3,(H,23,27). The Bertz CT molecular complexity index is 967. The van der Waals surface area contributed by atoms with Gasteiger partial charge in [0.25, 0.3) is 5.91 Å². The Morgan fingerprint density at radius 1 is 1.18 bits per heavy atom. The van der Waals surface area contributed by atoms with Gasteiger partial charge in [0.2, 0.25) is 0 Å². The number of nitrogens with one attached hydrogen (secondary N) is 1. The Labute approximate surface area is 173 Å². The fourth-order valence-corrected chi connectivity index (χ4v) is 3.41. The summed E-state index contributed by atoms with van der Waals surface area (Å²) >= 11 is 7.27. The number of aryl methyl sites for hydroxylation is 1. The zero-order valence-corrected chi connectivity index (χ0v) is 17.2. The zero-order valence-electron chi connectivity index (χ0n) is 15.6. The number of hydrogen-bond donors (Lipinski definition) is 1. The van der Waals surface area contributed by atoms with E-state index in [0.717, 1.165) is 17.0 Å². The van der Waals surface area contributed by atoms with Crippen LogP contribution in [0.25, 0.3) is 11.4 Å². The lowest BCUT2D eigenvalue weighted by Crippen LogP contribution is -2.20. The molecular formula is C20H20ClN5OS. The number of hydrogen-bond acceptors (Lipinski definition) is 5. The molecule has 6 nitrogen and oxygen atoms in total. The molecule has 0 aliphatic carbocycles. The molecule has 28 heavy (non-hydrogen) atoms. The van der Waals surface area contributed by atoms with Gasteiger partial charge in [0.15, 0.2) is 11.0 Å². The van der Waals surface area contributed by atoms with Gasteiger partial charge >= 0.3 is 0 Å². The van der Waals surface area contributed by atoms with Crippen molar-refractivity contribution in [2.45, 2.75) is 25.5 Å². The number of amides is 1. The summed E-state index contributed by atoms with van der Waals surface area (Å²) in [4.78, 5) is 12.1. The first kappa shape index (κ1) is 20.1. The van der Waals surface area contributed by atoms with Gasteiger partial charge in [0.1, 0.15) is 0 Å². The maximum absolute atomic E-state index is 12.1. The lowest BCUT2D eigenvalue weighted by atomic mass is 10.2. The van der Waals surface area contributed by atoms with Crippen LogP contribution in [0, 0.1) is 6.92 Å². The van der Waals surface area contributed by atoms with Crippen LogP contribution in [0.15, 0.2) is 58.8 Å². The molecule has 1 amide bonds. The summed E-state index contributed by atoms with van der Waals surface area (Å²) in [6, 6.07) is 15.3. The molecule has 0 saturated carbocycles. The Kier molecular flexibility index (Phi) is 6.84. The molecule has 0 radical (unpaired) electrons. The summed E-state index contributed by atoms with van der Waals surface area (Å²) in [5, 5.41) is 13.8. The van der Waals surface area contributed by atoms with E-state index in [2.05, 4.69) is 20.7 Å². The summed E-state index contributed by atoms with van der Waals surface area (Å²) < 4.78 is 1.97. The quantitative estimate of drug-likeness (QED) is 0.358. The molecule has 0 saturated heterocycles. The molecule has 0 bridgehead atoms. The molecule has 1 N–H and O–H groups in total. The summed E-state index contributed by atoms with van der Waals surface area (Å²) in [7, 11) is 0. The molecule has 8 heteroatoms. The second kappa shape index (κ2) is 9.52. The van der Waals surface area contributed by atoms with E-state index in [0.29, 0.717) is 16.7 Å². The summed E-state index contributed by atoms with van der Waals surface area (Å²) in [6.07, 6.45) is 1.62. The van der Waals surface area contributed by atoms with E-state index in [1.54, 1.807) is 6.21 Å². The van der Waals surface area contributed by atoms with Crippen LogP contribution in [0.4, 0.5) is 0 Å².